The molecule has 8 nitrogen and oxygen atoms in total. The van der Waals surface area contributed by atoms with Gasteiger partial charge in [0.1, 0.15) is 23.4 Å². The predicted octanol–water partition coefficient (Wildman–Crippen LogP) is 6.35. The quantitative estimate of drug-likeness (QED) is 0.254. The third-order valence-corrected chi connectivity index (χ3v) is 7.52. The Morgan fingerprint density at radius 3 is 2.33 bits per heavy atom. The molecule has 0 bridgehead atoms. The van der Waals surface area contributed by atoms with E-state index in [-0.39, 0.29) is 30.0 Å². The van der Waals surface area contributed by atoms with E-state index in [0.717, 1.165) is 61.6 Å². The number of carbonyl (C=O) groups excluding carboxylic acids is 3. The smallest absolute Gasteiger partial charge is 0.408 e. The van der Waals surface area contributed by atoms with E-state index in [1.54, 1.807) is 49.9 Å². The van der Waals surface area contributed by atoms with E-state index >= 15 is 0 Å². The lowest BCUT2D eigenvalue weighted by atomic mass is 9.94. The molecular formula is C34H49N3O5. The Hall–Kier alpha value is -3.55. The highest BCUT2D eigenvalue weighted by atomic mass is 16.6. The van der Waals surface area contributed by atoms with Gasteiger partial charge in [-0.1, -0.05) is 81.0 Å². The van der Waals surface area contributed by atoms with Crippen LogP contribution in [-0.4, -0.2) is 52.1 Å². The molecular weight excluding hydrogens is 530 g/mol. The summed E-state index contributed by atoms with van der Waals surface area (Å²) in [7, 11) is 0. The monoisotopic (exact) mass is 579 g/mol. The fourth-order valence-electron chi connectivity index (χ4n) is 5.46. The number of aromatic hydroxyl groups is 1. The Labute approximate surface area is 251 Å². The molecule has 3 N–H and O–H groups in total. The van der Waals surface area contributed by atoms with Crippen LogP contribution in [0.25, 0.3) is 0 Å². The Bertz CT molecular complexity index is 1170. The molecule has 2 atom stereocenters. The van der Waals surface area contributed by atoms with E-state index < -0.39 is 23.8 Å². The van der Waals surface area contributed by atoms with Crippen LogP contribution < -0.4 is 10.6 Å². The summed E-state index contributed by atoms with van der Waals surface area (Å²) in [5, 5.41) is 15.8. The first-order valence-corrected chi connectivity index (χ1v) is 15.4. The van der Waals surface area contributed by atoms with Crippen LogP contribution in [0.2, 0.25) is 0 Å². The molecule has 0 spiro atoms. The fourth-order valence-corrected chi connectivity index (χ4v) is 5.46. The summed E-state index contributed by atoms with van der Waals surface area (Å²) in [5.74, 6) is -0.435. The molecule has 2 aromatic carbocycles. The zero-order valence-electron chi connectivity index (χ0n) is 25.9. The highest BCUT2D eigenvalue weighted by molar-refractivity contribution is 5.92. The van der Waals surface area contributed by atoms with Gasteiger partial charge in [0.05, 0.1) is 0 Å². The lowest BCUT2D eigenvalue weighted by molar-refractivity contribution is -0.143. The molecule has 2 aromatic rings. The summed E-state index contributed by atoms with van der Waals surface area (Å²) < 4.78 is 5.52. The van der Waals surface area contributed by atoms with Crippen molar-refractivity contribution >= 4 is 17.9 Å². The average molecular weight is 580 g/mol. The summed E-state index contributed by atoms with van der Waals surface area (Å²) in [6.45, 7) is 9.74. The van der Waals surface area contributed by atoms with Crippen LogP contribution in [-0.2, 0) is 20.7 Å². The Morgan fingerprint density at radius 1 is 1.02 bits per heavy atom. The standard InChI is InChI=1S/C34H49N3O5/c1-6-7-11-21-37(30(26-14-12-13-24(2)22-26)31(39)35-27-15-9-8-10-16-27)32(40)29(36-33(41)42-34(3,4)5)23-25-17-19-28(38)20-18-25/h12-14,17-20,22,27,29-30,38H,6-11,15-16,21,23H2,1-5H3,(H,35,39)(H,36,41). The van der Waals surface area contributed by atoms with Gasteiger partial charge in [-0.05, 0) is 70.2 Å². The van der Waals surface area contributed by atoms with E-state index in [9.17, 15) is 19.5 Å². The number of aryl methyl sites for hydroxylation is 1. The van der Waals surface area contributed by atoms with Crippen LogP contribution in [0.15, 0.2) is 48.5 Å². The van der Waals surface area contributed by atoms with Gasteiger partial charge in [0.25, 0.3) is 0 Å². The van der Waals surface area contributed by atoms with Gasteiger partial charge in [0.15, 0.2) is 0 Å². The number of hydrogen-bond donors (Lipinski definition) is 3. The van der Waals surface area contributed by atoms with Crippen molar-refractivity contribution in [2.45, 2.75) is 116 Å². The second kappa shape index (κ2) is 15.6. The molecule has 1 aliphatic carbocycles. The Kier molecular flexibility index (Phi) is 12.3. The maximum absolute atomic E-state index is 14.5. The molecule has 2 unspecified atom stereocenters. The number of amides is 3. The maximum atomic E-state index is 14.5. The highest BCUT2D eigenvalue weighted by Crippen LogP contribution is 2.27. The zero-order chi connectivity index (χ0) is 30.7. The summed E-state index contributed by atoms with van der Waals surface area (Å²) in [5.41, 5.74) is 1.75. The lowest BCUT2D eigenvalue weighted by Gasteiger charge is -2.36. The van der Waals surface area contributed by atoms with Crippen molar-refractivity contribution in [3.8, 4) is 5.75 Å². The summed E-state index contributed by atoms with van der Waals surface area (Å²) >= 11 is 0. The molecule has 3 rings (SSSR count). The topological polar surface area (TPSA) is 108 Å². The molecule has 0 aliphatic heterocycles. The molecule has 230 valence electrons. The number of carbonyl (C=O) groups is 3. The number of ether oxygens (including phenoxy) is 1. The number of phenolic OH excluding ortho intramolecular Hbond substituents is 1. The number of alkyl carbamates (subject to hydrolysis) is 1. The van der Waals surface area contributed by atoms with Crippen LogP contribution >= 0.6 is 0 Å². The number of phenols is 1. The van der Waals surface area contributed by atoms with Crippen LogP contribution in [0, 0.1) is 6.92 Å². The van der Waals surface area contributed by atoms with Crippen molar-refractivity contribution < 1.29 is 24.2 Å². The van der Waals surface area contributed by atoms with Gasteiger partial charge in [0, 0.05) is 19.0 Å². The molecule has 1 fully saturated rings. The van der Waals surface area contributed by atoms with Crippen LogP contribution in [0.5, 0.6) is 5.75 Å². The summed E-state index contributed by atoms with van der Waals surface area (Å²) in [6.07, 6.45) is 7.24. The Morgan fingerprint density at radius 2 is 1.71 bits per heavy atom. The summed E-state index contributed by atoms with van der Waals surface area (Å²) in [6, 6.07) is 12.5. The van der Waals surface area contributed by atoms with Gasteiger partial charge in [0.2, 0.25) is 11.8 Å². The molecule has 0 radical (unpaired) electrons. The van der Waals surface area contributed by atoms with Crippen molar-refractivity contribution in [1.29, 1.82) is 0 Å². The zero-order valence-corrected chi connectivity index (χ0v) is 25.9. The van der Waals surface area contributed by atoms with Crippen molar-refractivity contribution in [2.75, 3.05) is 6.54 Å². The van der Waals surface area contributed by atoms with Gasteiger partial charge in [-0.3, -0.25) is 9.59 Å². The predicted molar refractivity (Wildman–Crippen MR) is 165 cm³/mol. The molecule has 3 amide bonds. The number of unbranched alkanes of at least 4 members (excludes halogenated alkanes) is 2. The fraction of sp³-hybridized carbons (Fsp3) is 0.559. The normalized spacial score (nSPS) is 15.4. The number of rotatable bonds is 12. The van der Waals surface area contributed by atoms with E-state index in [1.807, 2.05) is 31.2 Å². The van der Waals surface area contributed by atoms with Gasteiger partial charge in [-0.15, -0.1) is 0 Å². The van der Waals surface area contributed by atoms with Crippen molar-refractivity contribution in [3.63, 3.8) is 0 Å². The minimum absolute atomic E-state index is 0.0823. The first kappa shape index (κ1) is 33.0. The number of nitrogens with one attached hydrogen (secondary N) is 2. The summed E-state index contributed by atoms with van der Waals surface area (Å²) in [4.78, 5) is 43.2. The Balaban J connectivity index is 2.02. The number of hydrogen-bond acceptors (Lipinski definition) is 5. The SMILES string of the molecule is CCCCCN(C(=O)C(Cc1ccc(O)cc1)NC(=O)OC(C)(C)C)C(C(=O)NC1CCCCC1)c1cccc(C)c1. The maximum Gasteiger partial charge on any atom is 0.408 e. The lowest BCUT2D eigenvalue weighted by Crippen LogP contribution is -2.54. The highest BCUT2D eigenvalue weighted by Gasteiger charge is 2.37. The first-order valence-electron chi connectivity index (χ1n) is 15.4. The van der Waals surface area contributed by atoms with E-state index in [1.165, 1.54) is 6.42 Å². The van der Waals surface area contributed by atoms with Crippen LogP contribution in [0.3, 0.4) is 0 Å². The van der Waals surface area contributed by atoms with Crippen molar-refractivity contribution in [2.24, 2.45) is 0 Å². The molecule has 8 heteroatoms. The minimum atomic E-state index is -0.985. The second-order valence-electron chi connectivity index (χ2n) is 12.5. The van der Waals surface area contributed by atoms with Crippen molar-refractivity contribution in [1.82, 2.24) is 15.5 Å². The van der Waals surface area contributed by atoms with Crippen LogP contribution in [0.4, 0.5) is 4.79 Å². The van der Waals surface area contributed by atoms with Gasteiger partial charge >= 0.3 is 6.09 Å². The van der Waals surface area contributed by atoms with Gasteiger partial charge in [-0.25, -0.2) is 4.79 Å². The van der Waals surface area contributed by atoms with E-state index in [4.69, 9.17) is 4.74 Å². The van der Waals surface area contributed by atoms with E-state index in [2.05, 4.69) is 17.6 Å². The van der Waals surface area contributed by atoms with Crippen molar-refractivity contribution in [3.05, 3.63) is 65.2 Å². The van der Waals surface area contributed by atoms with Crippen LogP contribution in [0.1, 0.15) is 102 Å². The molecule has 1 aliphatic rings. The van der Waals surface area contributed by atoms with E-state index in [0.29, 0.717) is 6.54 Å². The first-order chi connectivity index (χ1) is 20.0. The number of nitrogens with zero attached hydrogens (tertiary/aromatic N) is 1. The van der Waals surface area contributed by atoms with Gasteiger partial charge < -0.3 is 25.4 Å². The number of benzene rings is 2. The third-order valence-electron chi connectivity index (χ3n) is 7.52. The molecule has 0 heterocycles. The third kappa shape index (κ3) is 10.4. The molecule has 0 saturated heterocycles. The molecule has 42 heavy (non-hydrogen) atoms. The largest absolute Gasteiger partial charge is 0.508 e. The minimum Gasteiger partial charge on any atom is -0.508 e. The second-order valence-corrected chi connectivity index (χ2v) is 12.5. The average Bonchev–Trinajstić information content (AvgIpc) is 2.92. The van der Waals surface area contributed by atoms with Gasteiger partial charge in [-0.2, -0.15) is 0 Å². The molecule has 1 saturated carbocycles. The molecule has 0 aromatic heterocycles.